The number of aryl methyl sites for hydroxylation is 1. The van der Waals surface area contributed by atoms with Crippen molar-refractivity contribution in [3.8, 4) is 0 Å². The molecule has 0 aliphatic heterocycles. The van der Waals surface area contributed by atoms with Crippen LogP contribution in [0, 0.1) is 4.77 Å². The maximum atomic E-state index is 10.6. The third-order valence-electron chi connectivity index (χ3n) is 1.38. The lowest BCUT2D eigenvalue weighted by molar-refractivity contribution is 0.615. The SMILES string of the molecule is CCCn1cc(Cl)[nH]c1=S(=O)=O. The van der Waals surface area contributed by atoms with Crippen LogP contribution in [0.1, 0.15) is 13.3 Å². The molecule has 0 radical (unpaired) electrons. The zero-order chi connectivity index (χ0) is 9.14. The lowest BCUT2D eigenvalue weighted by atomic mass is 10.5. The summed E-state index contributed by atoms with van der Waals surface area (Å²) in [5.41, 5.74) is 0. The van der Waals surface area contributed by atoms with Crippen molar-refractivity contribution < 1.29 is 8.42 Å². The van der Waals surface area contributed by atoms with Crippen molar-refractivity contribution in [1.82, 2.24) is 9.55 Å². The highest BCUT2D eigenvalue weighted by molar-refractivity contribution is 7.63. The first-order chi connectivity index (χ1) is 5.65. The average Bonchev–Trinajstić information content (AvgIpc) is 2.32. The first kappa shape index (κ1) is 9.41. The Labute approximate surface area is 76.3 Å². The molecule has 0 amide bonds. The average molecular weight is 209 g/mol. The number of aromatic nitrogens is 2. The number of rotatable bonds is 2. The number of H-pyrrole nitrogens is 1. The van der Waals surface area contributed by atoms with Gasteiger partial charge in [-0.1, -0.05) is 18.5 Å². The van der Waals surface area contributed by atoms with Gasteiger partial charge in [-0.05, 0) is 6.42 Å². The number of hydrogen-bond acceptors (Lipinski definition) is 2. The number of nitrogens with one attached hydrogen (secondary N) is 1. The van der Waals surface area contributed by atoms with Crippen LogP contribution in [0.2, 0.25) is 5.15 Å². The summed E-state index contributed by atoms with van der Waals surface area (Å²) in [7, 11) is -2.25. The molecular weight excluding hydrogens is 200 g/mol. The van der Waals surface area contributed by atoms with Crippen molar-refractivity contribution >= 4 is 21.9 Å². The molecular formula is C6H9ClN2O2S. The minimum Gasteiger partial charge on any atom is -0.319 e. The fraction of sp³-hybridized carbons (Fsp3) is 0.500. The highest BCUT2D eigenvalue weighted by Gasteiger charge is 1.98. The van der Waals surface area contributed by atoms with Gasteiger partial charge in [-0.2, -0.15) is 8.42 Å². The van der Waals surface area contributed by atoms with E-state index in [9.17, 15) is 8.42 Å². The smallest absolute Gasteiger partial charge is 0.256 e. The van der Waals surface area contributed by atoms with Gasteiger partial charge in [-0.3, -0.25) is 0 Å². The van der Waals surface area contributed by atoms with Crippen LogP contribution >= 0.6 is 11.6 Å². The van der Waals surface area contributed by atoms with Gasteiger partial charge in [0.15, 0.2) is 0 Å². The molecule has 12 heavy (non-hydrogen) atoms. The first-order valence-electron chi connectivity index (χ1n) is 3.52. The summed E-state index contributed by atoms with van der Waals surface area (Å²) in [4.78, 5) is 2.54. The Kier molecular flexibility index (Phi) is 2.99. The van der Waals surface area contributed by atoms with Crippen LogP contribution in [0.25, 0.3) is 0 Å². The molecule has 1 aromatic heterocycles. The number of aromatic amines is 1. The van der Waals surface area contributed by atoms with Crippen molar-refractivity contribution in [2.75, 3.05) is 0 Å². The van der Waals surface area contributed by atoms with Crippen LogP contribution in [-0.2, 0) is 16.8 Å². The van der Waals surface area contributed by atoms with E-state index in [2.05, 4.69) is 4.98 Å². The van der Waals surface area contributed by atoms with Crippen molar-refractivity contribution in [2.45, 2.75) is 19.9 Å². The second-order valence-electron chi connectivity index (χ2n) is 2.34. The molecule has 0 unspecified atom stereocenters. The normalized spacial score (nSPS) is 10.2. The molecule has 0 aliphatic rings. The third-order valence-corrected chi connectivity index (χ3v) is 2.22. The zero-order valence-corrected chi connectivity index (χ0v) is 8.11. The Balaban J connectivity index is 3.38. The molecule has 0 aromatic carbocycles. The Morgan fingerprint density at radius 2 is 2.33 bits per heavy atom. The lowest BCUT2D eigenvalue weighted by Gasteiger charge is -1.94. The maximum Gasteiger partial charge on any atom is 0.256 e. The van der Waals surface area contributed by atoms with Crippen LogP contribution in [0.15, 0.2) is 6.20 Å². The lowest BCUT2D eigenvalue weighted by Crippen LogP contribution is -1.95. The Bertz CT molecular complexity index is 421. The van der Waals surface area contributed by atoms with Gasteiger partial charge in [0.2, 0.25) is 4.77 Å². The molecule has 6 heteroatoms. The van der Waals surface area contributed by atoms with Crippen molar-refractivity contribution in [1.29, 1.82) is 0 Å². The molecule has 0 aliphatic carbocycles. The fourth-order valence-electron chi connectivity index (χ4n) is 0.946. The van der Waals surface area contributed by atoms with Crippen LogP contribution in [-0.4, -0.2) is 18.0 Å². The number of halogens is 1. The van der Waals surface area contributed by atoms with E-state index >= 15 is 0 Å². The highest BCUT2D eigenvalue weighted by Crippen LogP contribution is 2.04. The summed E-state index contributed by atoms with van der Waals surface area (Å²) >= 11 is 5.60. The molecule has 0 spiro atoms. The number of nitrogens with zero attached hydrogens (tertiary/aromatic N) is 1. The van der Waals surface area contributed by atoms with E-state index < -0.39 is 10.3 Å². The van der Waals surface area contributed by atoms with Gasteiger partial charge in [-0.25, -0.2) is 0 Å². The Morgan fingerprint density at radius 3 is 2.83 bits per heavy atom. The molecule has 4 nitrogen and oxygen atoms in total. The monoisotopic (exact) mass is 208 g/mol. The molecule has 1 N–H and O–H groups in total. The van der Waals surface area contributed by atoms with Crippen LogP contribution in [0.5, 0.6) is 0 Å². The van der Waals surface area contributed by atoms with E-state index in [-0.39, 0.29) is 4.77 Å². The predicted molar refractivity (Wildman–Crippen MR) is 46.2 cm³/mol. The van der Waals surface area contributed by atoms with Crippen molar-refractivity contribution in [3.63, 3.8) is 0 Å². The Hall–Kier alpha value is -0.680. The quantitative estimate of drug-likeness (QED) is 0.745. The summed E-state index contributed by atoms with van der Waals surface area (Å²) in [5, 5.41) is 0.336. The van der Waals surface area contributed by atoms with E-state index in [1.165, 1.54) is 0 Å². The molecule has 0 saturated heterocycles. The molecule has 1 rings (SSSR count). The molecule has 0 bridgehead atoms. The van der Waals surface area contributed by atoms with Gasteiger partial charge in [0.1, 0.15) is 5.15 Å². The summed E-state index contributed by atoms with van der Waals surface area (Å²) < 4.78 is 22.9. The molecule has 68 valence electrons. The van der Waals surface area contributed by atoms with E-state index in [1.807, 2.05) is 6.92 Å². The van der Waals surface area contributed by atoms with Gasteiger partial charge in [0, 0.05) is 12.7 Å². The second kappa shape index (κ2) is 3.82. The minimum atomic E-state index is -2.25. The van der Waals surface area contributed by atoms with Crippen LogP contribution < -0.4 is 0 Å². The number of hydrogen-bond donors (Lipinski definition) is 1. The summed E-state index contributed by atoms with van der Waals surface area (Å²) in [6, 6.07) is 0. The second-order valence-corrected chi connectivity index (χ2v) is 3.60. The summed E-state index contributed by atoms with van der Waals surface area (Å²) in [5.74, 6) is 0. The zero-order valence-electron chi connectivity index (χ0n) is 6.54. The molecule has 0 saturated carbocycles. The van der Waals surface area contributed by atoms with Crippen LogP contribution in [0.4, 0.5) is 0 Å². The topological polar surface area (TPSA) is 54.9 Å². The van der Waals surface area contributed by atoms with Crippen molar-refractivity contribution in [3.05, 3.63) is 16.1 Å². The van der Waals surface area contributed by atoms with Crippen molar-refractivity contribution in [2.24, 2.45) is 0 Å². The van der Waals surface area contributed by atoms with Gasteiger partial charge < -0.3 is 9.55 Å². The summed E-state index contributed by atoms with van der Waals surface area (Å²) in [6.07, 6.45) is 2.43. The van der Waals surface area contributed by atoms with E-state index in [1.54, 1.807) is 10.8 Å². The van der Waals surface area contributed by atoms with E-state index in [0.29, 0.717) is 11.7 Å². The first-order valence-corrected chi connectivity index (χ1v) is 4.97. The standard InChI is InChI=1S/C6H9ClN2O2S/c1-2-3-9-4-5(7)8-6(9)12(10)11/h4,8H,2-3H2,1H3. The highest BCUT2D eigenvalue weighted by atomic mass is 35.5. The predicted octanol–water partition coefficient (Wildman–Crippen LogP) is 1.29. The molecule has 1 aromatic rings. The molecule has 0 atom stereocenters. The fourth-order valence-corrected chi connectivity index (χ4v) is 1.74. The van der Waals surface area contributed by atoms with Gasteiger partial charge in [0.05, 0.1) is 0 Å². The third kappa shape index (κ3) is 1.92. The maximum absolute atomic E-state index is 10.6. The minimum absolute atomic E-state index is 0.127. The van der Waals surface area contributed by atoms with Gasteiger partial charge >= 0.3 is 0 Å². The molecule has 0 fully saturated rings. The van der Waals surface area contributed by atoms with Crippen LogP contribution in [0.3, 0.4) is 0 Å². The van der Waals surface area contributed by atoms with E-state index in [0.717, 1.165) is 6.42 Å². The van der Waals surface area contributed by atoms with E-state index in [4.69, 9.17) is 11.6 Å². The summed E-state index contributed by atoms with van der Waals surface area (Å²) in [6.45, 7) is 2.61. The van der Waals surface area contributed by atoms with Gasteiger partial charge in [-0.15, -0.1) is 0 Å². The Morgan fingerprint density at radius 1 is 1.67 bits per heavy atom. The number of imidazole rings is 1. The largest absolute Gasteiger partial charge is 0.319 e. The molecule has 1 heterocycles. The van der Waals surface area contributed by atoms with Gasteiger partial charge in [0.25, 0.3) is 10.3 Å².